The van der Waals surface area contributed by atoms with Gasteiger partial charge in [0.15, 0.2) is 11.6 Å². The van der Waals surface area contributed by atoms with Crippen molar-refractivity contribution in [3.05, 3.63) is 40.4 Å². The number of aliphatic hydroxyl groups is 1. The Labute approximate surface area is 126 Å². The van der Waals surface area contributed by atoms with Crippen molar-refractivity contribution in [3.63, 3.8) is 0 Å². The Morgan fingerprint density at radius 3 is 2.64 bits per heavy atom. The van der Waals surface area contributed by atoms with Crippen molar-refractivity contribution in [2.45, 2.75) is 44.8 Å². The Bertz CT molecular complexity index is 765. The lowest BCUT2D eigenvalue weighted by atomic mass is 9.79. The predicted molar refractivity (Wildman–Crippen MR) is 78.5 cm³/mol. The van der Waals surface area contributed by atoms with Crippen LogP contribution in [-0.4, -0.2) is 20.3 Å². The monoisotopic (exact) mass is 308 g/mol. The van der Waals surface area contributed by atoms with Crippen LogP contribution in [0.3, 0.4) is 0 Å². The quantitative estimate of drug-likeness (QED) is 0.928. The van der Waals surface area contributed by atoms with Gasteiger partial charge in [-0.25, -0.2) is 13.8 Å². The molecular formula is C16H18F2N2O2. The Balaban J connectivity index is 1.96. The SMILES string of the molecule is CC1CCC(O)(Cn2cnc3cc(F)c(F)cc3c2=O)CC1. The van der Waals surface area contributed by atoms with Crippen molar-refractivity contribution in [2.24, 2.45) is 5.92 Å². The van der Waals surface area contributed by atoms with Crippen molar-refractivity contribution >= 4 is 10.9 Å². The van der Waals surface area contributed by atoms with Crippen LogP contribution in [0.25, 0.3) is 10.9 Å². The summed E-state index contributed by atoms with van der Waals surface area (Å²) >= 11 is 0. The maximum atomic E-state index is 13.3. The molecule has 0 aliphatic heterocycles. The van der Waals surface area contributed by atoms with Gasteiger partial charge < -0.3 is 5.11 Å². The molecule has 1 aliphatic rings. The Hall–Kier alpha value is -1.82. The van der Waals surface area contributed by atoms with Gasteiger partial charge in [-0.15, -0.1) is 0 Å². The van der Waals surface area contributed by atoms with Crippen molar-refractivity contribution in [1.29, 1.82) is 0 Å². The third-order valence-corrected chi connectivity index (χ3v) is 4.54. The summed E-state index contributed by atoms with van der Waals surface area (Å²) < 4.78 is 27.8. The second-order valence-corrected chi connectivity index (χ2v) is 6.37. The molecule has 118 valence electrons. The molecule has 1 N–H and O–H groups in total. The van der Waals surface area contributed by atoms with E-state index in [1.807, 2.05) is 0 Å². The van der Waals surface area contributed by atoms with Gasteiger partial charge in [0.2, 0.25) is 0 Å². The molecule has 1 aromatic heterocycles. The minimum atomic E-state index is -1.07. The molecule has 0 unspecified atom stereocenters. The van der Waals surface area contributed by atoms with Crippen molar-refractivity contribution in [2.75, 3.05) is 0 Å². The molecule has 0 amide bonds. The fourth-order valence-corrected chi connectivity index (χ4v) is 3.04. The lowest BCUT2D eigenvalue weighted by molar-refractivity contribution is -0.0225. The number of hydrogen-bond acceptors (Lipinski definition) is 3. The van der Waals surface area contributed by atoms with Crippen LogP contribution in [0.4, 0.5) is 8.78 Å². The van der Waals surface area contributed by atoms with Crippen LogP contribution < -0.4 is 5.56 Å². The summed E-state index contributed by atoms with van der Waals surface area (Å²) in [7, 11) is 0. The molecule has 0 bridgehead atoms. The summed E-state index contributed by atoms with van der Waals surface area (Å²) in [5, 5.41) is 10.6. The molecule has 6 heteroatoms. The lowest BCUT2D eigenvalue weighted by Crippen LogP contribution is -2.41. The average Bonchev–Trinajstić information content (AvgIpc) is 2.48. The molecule has 1 aliphatic carbocycles. The van der Waals surface area contributed by atoms with Crippen LogP contribution in [0.1, 0.15) is 32.6 Å². The summed E-state index contributed by atoms with van der Waals surface area (Å²) in [4.78, 5) is 16.4. The molecule has 0 spiro atoms. The van der Waals surface area contributed by atoms with Crippen LogP contribution >= 0.6 is 0 Å². The van der Waals surface area contributed by atoms with Gasteiger partial charge in [-0.3, -0.25) is 9.36 Å². The first-order valence-corrected chi connectivity index (χ1v) is 7.44. The smallest absolute Gasteiger partial charge is 0.261 e. The number of hydrogen-bond donors (Lipinski definition) is 1. The van der Waals surface area contributed by atoms with Crippen LogP contribution in [0.2, 0.25) is 0 Å². The number of halogens is 2. The molecule has 3 rings (SSSR count). The van der Waals surface area contributed by atoms with E-state index < -0.39 is 22.8 Å². The molecule has 1 saturated carbocycles. The number of benzene rings is 1. The lowest BCUT2D eigenvalue weighted by Gasteiger charge is -2.35. The molecule has 0 atom stereocenters. The van der Waals surface area contributed by atoms with E-state index in [4.69, 9.17) is 0 Å². The van der Waals surface area contributed by atoms with Gasteiger partial charge in [-0.1, -0.05) is 6.92 Å². The Morgan fingerprint density at radius 1 is 1.32 bits per heavy atom. The number of fused-ring (bicyclic) bond motifs is 1. The highest BCUT2D eigenvalue weighted by molar-refractivity contribution is 5.77. The molecule has 2 aromatic rings. The van der Waals surface area contributed by atoms with E-state index >= 15 is 0 Å². The van der Waals surface area contributed by atoms with E-state index in [0.717, 1.165) is 25.0 Å². The molecular weight excluding hydrogens is 290 g/mol. The van der Waals surface area contributed by atoms with E-state index in [-0.39, 0.29) is 17.4 Å². The fraction of sp³-hybridized carbons (Fsp3) is 0.500. The topological polar surface area (TPSA) is 55.1 Å². The highest BCUT2D eigenvalue weighted by atomic mass is 19.2. The Kier molecular flexibility index (Phi) is 3.72. The minimum Gasteiger partial charge on any atom is -0.388 e. The molecule has 22 heavy (non-hydrogen) atoms. The number of rotatable bonds is 2. The van der Waals surface area contributed by atoms with E-state index in [0.29, 0.717) is 18.8 Å². The van der Waals surface area contributed by atoms with Crippen molar-refractivity contribution < 1.29 is 13.9 Å². The van der Waals surface area contributed by atoms with Gasteiger partial charge in [0.25, 0.3) is 5.56 Å². The van der Waals surface area contributed by atoms with Gasteiger partial charge in [0, 0.05) is 6.07 Å². The predicted octanol–water partition coefficient (Wildman–Crippen LogP) is 2.62. The van der Waals surface area contributed by atoms with E-state index in [1.165, 1.54) is 10.9 Å². The fourth-order valence-electron chi connectivity index (χ4n) is 3.04. The average molecular weight is 308 g/mol. The van der Waals surface area contributed by atoms with Crippen molar-refractivity contribution in [3.8, 4) is 0 Å². The van der Waals surface area contributed by atoms with Crippen LogP contribution in [0.5, 0.6) is 0 Å². The first kappa shape index (κ1) is 15.1. The minimum absolute atomic E-state index is 0.0224. The first-order valence-electron chi connectivity index (χ1n) is 7.44. The maximum absolute atomic E-state index is 13.3. The molecule has 1 fully saturated rings. The van der Waals surface area contributed by atoms with Crippen LogP contribution in [0.15, 0.2) is 23.3 Å². The summed E-state index contributed by atoms with van der Waals surface area (Å²) in [5.74, 6) is -1.53. The third-order valence-electron chi connectivity index (χ3n) is 4.54. The van der Waals surface area contributed by atoms with Gasteiger partial charge in [0.05, 0.1) is 29.4 Å². The second kappa shape index (κ2) is 5.43. The summed E-state index contributed by atoms with van der Waals surface area (Å²) in [6.45, 7) is 2.27. The standard InChI is InChI=1S/C16H18F2N2O2/c1-10-2-4-16(22,5-3-10)8-20-9-19-14-7-13(18)12(17)6-11(14)15(20)21/h6-7,9-10,22H,2-5,8H2,1H3. The van der Waals surface area contributed by atoms with E-state index in [9.17, 15) is 18.7 Å². The zero-order chi connectivity index (χ0) is 15.9. The Morgan fingerprint density at radius 2 is 1.95 bits per heavy atom. The largest absolute Gasteiger partial charge is 0.388 e. The number of nitrogens with zero attached hydrogens (tertiary/aromatic N) is 2. The molecule has 0 saturated heterocycles. The maximum Gasteiger partial charge on any atom is 0.261 e. The second-order valence-electron chi connectivity index (χ2n) is 6.37. The van der Waals surface area contributed by atoms with Crippen molar-refractivity contribution in [1.82, 2.24) is 9.55 Å². The molecule has 1 heterocycles. The summed E-state index contributed by atoms with van der Waals surface area (Å²) in [6.07, 6.45) is 4.35. The zero-order valence-corrected chi connectivity index (χ0v) is 12.4. The van der Waals surface area contributed by atoms with Crippen LogP contribution in [-0.2, 0) is 6.54 Å². The third kappa shape index (κ3) is 2.75. The van der Waals surface area contributed by atoms with Crippen LogP contribution in [0, 0.1) is 17.6 Å². The van der Waals surface area contributed by atoms with Gasteiger partial charge in [-0.05, 0) is 37.7 Å². The van der Waals surface area contributed by atoms with Gasteiger partial charge >= 0.3 is 0 Å². The normalized spacial score (nSPS) is 25.5. The molecule has 4 nitrogen and oxygen atoms in total. The van der Waals surface area contributed by atoms with Gasteiger partial charge in [-0.2, -0.15) is 0 Å². The van der Waals surface area contributed by atoms with E-state index in [2.05, 4.69) is 11.9 Å². The van der Waals surface area contributed by atoms with E-state index in [1.54, 1.807) is 0 Å². The molecule has 1 aromatic carbocycles. The summed E-state index contributed by atoms with van der Waals surface area (Å²) in [6, 6.07) is 1.77. The first-order chi connectivity index (χ1) is 10.4. The zero-order valence-electron chi connectivity index (χ0n) is 12.4. The molecule has 0 radical (unpaired) electrons. The van der Waals surface area contributed by atoms with Gasteiger partial charge in [0.1, 0.15) is 0 Å². The number of aromatic nitrogens is 2. The summed E-state index contributed by atoms with van der Waals surface area (Å²) in [5.41, 5.74) is -1.29. The highest BCUT2D eigenvalue weighted by Gasteiger charge is 2.32. The highest BCUT2D eigenvalue weighted by Crippen LogP contribution is 2.32.